The molecule has 1 aliphatic heterocycles. The van der Waals surface area contributed by atoms with Crippen LogP contribution in [-0.4, -0.2) is 50.1 Å². The van der Waals surface area contributed by atoms with Crippen LogP contribution in [-0.2, 0) is 10.0 Å². The van der Waals surface area contributed by atoms with Crippen molar-refractivity contribution in [2.75, 3.05) is 37.3 Å². The molecule has 0 spiro atoms. The Balaban J connectivity index is 2.05. The van der Waals surface area contributed by atoms with Crippen molar-refractivity contribution in [3.63, 3.8) is 0 Å². The zero-order valence-corrected chi connectivity index (χ0v) is 14.8. The van der Waals surface area contributed by atoms with Crippen LogP contribution >= 0.6 is 11.6 Å². The van der Waals surface area contributed by atoms with E-state index in [1.54, 1.807) is 18.3 Å². The molecule has 1 saturated heterocycles. The maximum Gasteiger partial charge on any atom is 0.211 e. The summed E-state index contributed by atoms with van der Waals surface area (Å²) in [4.78, 5) is 6.37. The topological polar surface area (TPSA) is 77.3 Å². The van der Waals surface area contributed by atoms with Gasteiger partial charge in [-0.25, -0.2) is 12.7 Å². The first-order valence-electron chi connectivity index (χ1n) is 7.58. The van der Waals surface area contributed by atoms with Crippen LogP contribution in [0.2, 0.25) is 5.02 Å². The Hall–Kier alpha value is -1.88. The van der Waals surface area contributed by atoms with Crippen LogP contribution in [0.4, 0.5) is 5.69 Å². The predicted octanol–water partition coefficient (Wildman–Crippen LogP) is 2.23. The number of benzene rings is 1. The Bertz CT molecular complexity index is 924. The Morgan fingerprint density at radius 1 is 1.25 bits per heavy atom. The Labute approximate surface area is 146 Å². The molecule has 0 aliphatic carbocycles. The van der Waals surface area contributed by atoms with E-state index in [1.165, 1.54) is 10.6 Å². The van der Waals surface area contributed by atoms with Crippen molar-refractivity contribution in [2.45, 2.75) is 6.42 Å². The van der Waals surface area contributed by atoms with Crippen molar-refractivity contribution in [1.82, 2.24) is 9.29 Å². The predicted molar refractivity (Wildman–Crippen MR) is 94.7 cm³/mol. The van der Waals surface area contributed by atoms with Gasteiger partial charge in [-0.1, -0.05) is 11.6 Å². The molecule has 0 saturated carbocycles. The minimum absolute atomic E-state index is 0.397. The number of hydrogen-bond donors (Lipinski definition) is 0. The monoisotopic (exact) mass is 364 g/mol. The molecule has 3 rings (SSSR count). The lowest BCUT2D eigenvalue weighted by molar-refractivity contribution is 0.437. The van der Waals surface area contributed by atoms with E-state index in [1.807, 2.05) is 6.07 Å². The normalized spacial score (nSPS) is 16.8. The summed E-state index contributed by atoms with van der Waals surface area (Å²) in [5.41, 5.74) is 2.01. The summed E-state index contributed by atoms with van der Waals surface area (Å²) in [6, 6.07) is 7.58. The molecule has 2 heterocycles. The smallest absolute Gasteiger partial charge is 0.211 e. The van der Waals surface area contributed by atoms with Crippen molar-refractivity contribution < 1.29 is 8.42 Å². The summed E-state index contributed by atoms with van der Waals surface area (Å²) < 4.78 is 25.1. The summed E-state index contributed by atoms with van der Waals surface area (Å²) in [6.07, 6.45) is 3.48. The maximum atomic E-state index is 11.8. The van der Waals surface area contributed by atoms with E-state index >= 15 is 0 Å². The highest BCUT2D eigenvalue weighted by molar-refractivity contribution is 7.88. The lowest BCUT2D eigenvalue weighted by Gasteiger charge is -2.25. The Kier molecular flexibility index (Phi) is 4.63. The van der Waals surface area contributed by atoms with Gasteiger partial charge in [0.1, 0.15) is 6.07 Å². The molecule has 0 bridgehead atoms. The molecule has 2 aromatic rings. The fraction of sp³-hybridized carbons (Fsp3) is 0.375. The van der Waals surface area contributed by atoms with E-state index in [2.05, 4.69) is 16.0 Å². The van der Waals surface area contributed by atoms with Gasteiger partial charge in [-0.05, 0) is 24.6 Å². The van der Waals surface area contributed by atoms with Crippen molar-refractivity contribution in [1.29, 1.82) is 5.26 Å². The fourth-order valence-electron chi connectivity index (χ4n) is 3.02. The summed E-state index contributed by atoms with van der Waals surface area (Å²) in [5, 5.41) is 10.9. The molecular weight excluding hydrogens is 348 g/mol. The third-order valence-corrected chi connectivity index (χ3v) is 5.70. The number of halogens is 1. The number of nitriles is 1. The van der Waals surface area contributed by atoms with Gasteiger partial charge in [0.25, 0.3) is 0 Å². The summed E-state index contributed by atoms with van der Waals surface area (Å²) in [7, 11) is -3.21. The number of fused-ring (bicyclic) bond motifs is 1. The zero-order chi connectivity index (χ0) is 17.3. The molecule has 126 valence electrons. The van der Waals surface area contributed by atoms with Crippen LogP contribution in [0.1, 0.15) is 12.0 Å². The van der Waals surface area contributed by atoms with Crippen LogP contribution in [0.3, 0.4) is 0 Å². The third-order valence-electron chi connectivity index (χ3n) is 4.16. The van der Waals surface area contributed by atoms with Gasteiger partial charge >= 0.3 is 0 Å². The van der Waals surface area contributed by atoms with E-state index in [-0.39, 0.29) is 0 Å². The molecular formula is C16H17ClN4O2S. The van der Waals surface area contributed by atoms with E-state index in [0.717, 1.165) is 16.6 Å². The molecule has 0 radical (unpaired) electrons. The Morgan fingerprint density at radius 2 is 2.04 bits per heavy atom. The number of anilines is 1. The summed E-state index contributed by atoms with van der Waals surface area (Å²) >= 11 is 6.12. The minimum atomic E-state index is -3.21. The second-order valence-electron chi connectivity index (χ2n) is 5.80. The van der Waals surface area contributed by atoms with Crippen LogP contribution in [0.5, 0.6) is 0 Å². The van der Waals surface area contributed by atoms with Crippen LogP contribution in [0, 0.1) is 11.3 Å². The molecule has 1 aromatic carbocycles. The standard InChI is InChI=1S/C16H17ClN4O2S/c1-24(22,23)21-6-2-5-20(7-8-21)16-12(10-18)11-19-15-4-3-13(17)9-14(15)16/h3-4,9,11H,2,5-8H2,1H3. The molecule has 0 amide bonds. The van der Waals surface area contributed by atoms with Gasteiger partial charge < -0.3 is 4.90 Å². The number of aromatic nitrogens is 1. The summed E-state index contributed by atoms with van der Waals surface area (Å²) in [5.74, 6) is 0. The highest BCUT2D eigenvalue weighted by Gasteiger charge is 2.24. The Morgan fingerprint density at radius 3 is 2.75 bits per heavy atom. The van der Waals surface area contributed by atoms with Crippen molar-refractivity contribution >= 4 is 38.2 Å². The molecule has 1 fully saturated rings. The first-order valence-corrected chi connectivity index (χ1v) is 9.81. The van der Waals surface area contributed by atoms with Crippen LogP contribution in [0.25, 0.3) is 10.9 Å². The highest BCUT2D eigenvalue weighted by atomic mass is 35.5. The van der Waals surface area contributed by atoms with Gasteiger partial charge in [0.2, 0.25) is 10.0 Å². The molecule has 24 heavy (non-hydrogen) atoms. The molecule has 1 aromatic heterocycles. The summed E-state index contributed by atoms with van der Waals surface area (Å²) in [6.45, 7) is 2.08. The van der Waals surface area contributed by atoms with Gasteiger partial charge in [-0.3, -0.25) is 4.98 Å². The van der Waals surface area contributed by atoms with Crippen molar-refractivity contribution in [3.05, 3.63) is 35.0 Å². The zero-order valence-electron chi connectivity index (χ0n) is 13.2. The first-order chi connectivity index (χ1) is 11.4. The molecule has 8 heteroatoms. The van der Waals surface area contributed by atoms with Gasteiger partial charge in [-0.15, -0.1) is 0 Å². The second kappa shape index (κ2) is 6.55. The van der Waals surface area contributed by atoms with E-state index in [0.29, 0.717) is 43.2 Å². The first kappa shape index (κ1) is 17.0. The van der Waals surface area contributed by atoms with Gasteiger partial charge in [0, 0.05) is 42.8 Å². The number of sulfonamides is 1. The average Bonchev–Trinajstić information content (AvgIpc) is 2.79. The van der Waals surface area contributed by atoms with Gasteiger partial charge in [-0.2, -0.15) is 5.26 Å². The lowest BCUT2D eigenvalue weighted by Crippen LogP contribution is -2.34. The molecule has 0 N–H and O–H groups in total. The number of nitrogens with zero attached hydrogens (tertiary/aromatic N) is 4. The quantitative estimate of drug-likeness (QED) is 0.816. The number of hydrogen-bond acceptors (Lipinski definition) is 5. The van der Waals surface area contributed by atoms with E-state index in [4.69, 9.17) is 11.6 Å². The molecule has 1 aliphatic rings. The maximum absolute atomic E-state index is 11.8. The second-order valence-corrected chi connectivity index (χ2v) is 8.22. The molecule has 0 unspecified atom stereocenters. The fourth-order valence-corrected chi connectivity index (χ4v) is 4.07. The van der Waals surface area contributed by atoms with Crippen molar-refractivity contribution in [3.8, 4) is 6.07 Å². The van der Waals surface area contributed by atoms with Crippen LogP contribution in [0.15, 0.2) is 24.4 Å². The third kappa shape index (κ3) is 3.31. The lowest BCUT2D eigenvalue weighted by atomic mass is 10.1. The molecule has 0 atom stereocenters. The van der Waals surface area contributed by atoms with Crippen molar-refractivity contribution in [2.24, 2.45) is 0 Å². The van der Waals surface area contributed by atoms with Crippen LogP contribution < -0.4 is 4.90 Å². The number of rotatable bonds is 2. The van der Waals surface area contributed by atoms with Gasteiger partial charge in [0.05, 0.1) is 23.0 Å². The highest BCUT2D eigenvalue weighted by Crippen LogP contribution is 2.32. The van der Waals surface area contributed by atoms with Gasteiger partial charge in [0.15, 0.2) is 0 Å². The van der Waals surface area contributed by atoms with E-state index in [9.17, 15) is 13.7 Å². The SMILES string of the molecule is CS(=O)(=O)N1CCCN(c2c(C#N)cnc3ccc(Cl)cc23)CC1. The molecule has 6 nitrogen and oxygen atoms in total. The number of pyridine rings is 1. The van der Waals surface area contributed by atoms with E-state index < -0.39 is 10.0 Å². The minimum Gasteiger partial charge on any atom is -0.368 e. The average molecular weight is 365 g/mol. The largest absolute Gasteiger partial charge is 0.368 e.